The van der Waals surface area contributed by atoms with Crippen LogP contribution in [-0.4, -0.2) is 39.9 Å². The van der Waals surface area contributed by atoms with E-state index in [9.17, 15) is 0 Å². The Morgan fingerprint density at radius 1 is 0.130 bits per heavy atom. The molecule has 6 aromatic heterocycles. The second kappa shape index (κ2) is 33.0. The molecule has 0 unspecified atom stereocenters. The molecule has 0 fully saturated rings. The Hall–Kier alpha value is -19.7. The van der Waals surface area contributed by atoms with Crippen molar-refractivity contribution in [1.29, 1.82) is 0 Å². The van der Waals surface area contributed by atoms with E-state index in [1.54, 1.807) is 0 Å². The molecule has 146 heavy (non-hydrogen) atoms. The molecule has 0 bridgehead atoms. The molecule has 0 aliphatic carbocycles. The van der Waals surface area contributed by atoms with Gasteiger partial charge in [-0.3, -0.25) is 0 Å². The number of para-hydroxylation sites is 4. The topological polar surface area (TPSA) is 129 Å². The van der Waals surface area contributed by atoms with Gasteiger partial charge in [0.25, 0.3) is 0 Å². The van der Waals surface area contributed by atoms with Gasteiger partial charge in [-0.05, 0) is 190 Å². The van der Waals surface area contributed by atoms with Crippen LogP contribution in [0.25, 0.3) is 319 Å². The van der Waals surface area contributed by atoms with Gasteiger partial charge >= 0.3 is 0 Å². The van der Waals surface area contributed by atoms with Gasteiger partial charge in [0, 0.05) is 109 Å². The van der Waals surface area contributed by atoms with Crippen molar-refractivity contribution in [3.05, 3.63) is 473 Å². The number of furan rings is 2. The standard InChI is InChI=1S/C70H40N4O.C66H38N4O/c1-2-16-42(17-3-1)68-72-69(74-70(73-68)45-35-37-55-51-23-7-5-19-47(51)49-21-9-11-25-53(49)59(55)39-45)43-32-30-41(31-33-43)64-65-56-26-12-14-28-61(56)71-67(60(65)40-63-66(64)57-27-13-15-29-62(57)75-63)44-34-36-54-50-22-6-4-18-46(50)48-20-8-10-24-52(48)58(54)38-44;1-2-16-40(17-3-1)64-68-65(70-66(69-64)55-36-42-18-4-5-19-44(42)45-20-6-11-25-50(45)55)41-32-30-39(31-33-41)60-61-52-26-12-14-28-57(52)67-63(56(61)38-59-62(60)53-27-13-15-29-58(53)71-59)43-34-35-51-48-23-8-7-21-46(48)47-22-9-10-24-49(47)54(51)37-43/h1-40H;1-38H. The van der Waals surface area contributed by atoms with E-state index in [1.165, 1.54) is 97.0 Å². The normalized spacial score (nSPS) is 12.0. The van der Waals surface area contributed by atoms with Crippen LogP contribution in [0.3, 0.4) is 0 Å². The van der Waals surface area contributed by atoms with Crippen molar-refractivity contribution in [2.45, 2.75) is 0 Å². The van der Waals surface area contributed by atoms with E-state index in [0.29, 0.717) is 34.9 Å². The van der Waals surface area contributed by atoms with Gasteiger partial charge in [-0.15, -0.1) is 0 Å². The first kappa shape index (κ1) is 82.2. The maximum atomic E-state index is 6.82. The molecule has 0 saturated heterocycles. The van der Waals surface area contributed by atoms with Crippen LogP contribution in [-0.2, 0) is 0 Å². The van der Waals surface area contributed by atoms with Crippen molar-refractivity contribution in [2.24, 2.45) is 0 Å². The largest absolute Gasteiger partial charge is 0.456 e. The maximum Gasteiger partial charge on any atom is 0.164 e. The fourth-order valence-corrected chi connectivity index (χ4v) is 23.3. The van der Waals surface area contributed by atoms with E-state index < -0.39 is 0 Å². The van der Waals surface area contributed by atoms with Gasteiger partial charge in [0.15, 0.2) is 34.9 Å². The summed E-state index contributed by atoms with van der Waals surface area (Å²) >= 11 is 0. The first-order valence-electron chi connectivity index (χ1n) is 49.5. The van der Waals surface area contributed by atoms with Crippen molar-refractivity contribution < 1.29 is 8.83 Å². The van der Waals surface area contributed by atoms with Crippen LogP contribution < -0.4 is 0 Å². The Labute approximate surface area is 834 Å². The predicted molar refractivity (Wildman–Crippen MR) is 607 cm³/mol. The van der Waals surface area contributed by atoms with E-state index >= 15 is 0 Å². The Kier molecular flexibility index (Phi) is 18.6. The van der Waals surface area contributed by atoms with E-state index in [1.807, 2.05) is 48.5 Å². The summed E-state index contributed by atoms with van der Waals surface area (Å²) in [5, 5.41) is 37.3. The molecule has 10 nitrogen and oxygen atoms in total. The number of aromatic nitrogens is 8. The summed E-state index contributed by atoms with van der Waals surface area (Å²) in [5.41, 5.74) is 18.8. The lowest BCUT2D eigenvalue weighted by atomic mass is 9.88. The minimum absolute atomic E-state index is 0.597. The molecule has 0 saturated carbocycles. The fraction of sp³-hybridized carbons (Fsp3) is 0. The molecule has 25 aromatic carbocycles. The van der Waals surface area contributed by atoms with Crippen molar-refractivity contribution in [3.8, 4) is 113 Å². The zero-order chi connectivity index (χ0) is 95.7. The molecule has 31 aromatic rings. The van der Waals surface area contributed by atoms with Gasteiger partial charge in [0.1, 0.15) is 22.3 Å². The second-order valence-electron chi connectivity index (χ2n) is 38.0. The number of hydrogen-bond acceptors (Lipinski definition) is 10. The van der Waals surface area contributed by atoms with Crippen LogP contribution in [0.1, 0.15) is 0 Å². The third kappa shape index (κ3) is 13.1. The highest BCUT2D eigenvalue weighted by molar-refractivity contribution is 6.33. The highest BCUT2D eigenvalue weighted by atomic mass is 16.3. The van der Waals surface area contributed by atoms with Crippen LogP contribution in [0.5, 0.6) is 0 Å². The Balaban J connectivity index is 0.000000136. The van der Waals surface area contributed by atoms with Gasteiger partial charge in [-0.1, -0.05) is 413 Å². The Morgan fingerprint density at radius 2 is 0.384 bits per heavy atom. The first-order chi connectivity index (χ1) is 72.4. The van der Waals surface area contributed by atoms with Crippen LogP contribution in [0.15, 0.2) is 482 Å². The highest BCUT2D eigenvalue weighted by Gasteiger charge is 2.28. The number of fused-ring (bicyclic) bond motifs is 33. The van der Waals surface area contributed by atoms with E-state index in [-0.39, 0.29) is 0 Å². The summed E-state index contributed by atoms with van der Waals surface area (Å²) in [6.07, 6.45) is 0. The molecule has 31 rings (SSSR count). The lowest BCUT2D eigenvalue weighted by Gasteiger charge is -2.17. The highest BCUT2D eigenvalue weighted by Crippen LogP contribution is 2.52. The molecule has 0 spiro atoms. The zero-order valence-electron chi connectivity index (χ0n) is 78.4. The number of rotatable bonds is 10. The molecule has 6 heterocycles. The lowest BCUT2D eigenvalue weighted by molar-refractivity contribution is 0.669. The summed E-state index contributed by atoms with van der Waals surface area (Å²) in [7, 11) is 0. The van der Waals surface area contributed by atoms with Gasteiger partial charge in [0.05, 0.1) is 22.4 Å². The van der Waals surface area contributed by atoms with E-state index in [2.05, 4.69) is 425 Å². The SMILES string of the molecule is c1ccc(-c2nc(-c3ccc(-c4c5c(cc6c(-c7ccc8c9ccccc9c9ccccc9c8c7)nc7ccccc7c46)oc4ccccc45)cc3)nc(-c3cc4ccccc4c4ccccc34)n2)cc1.c1ccc(-c2nc(-c3ccc(-c4c5c(cc6c(-c7ccc8c9ccccc9c9ccccc9c8c7)nc7ccccc7c46)oc4ccccc45)cc3)nc(-c3ccc4c5ccccc5c5ccccc5c4c3)n2)cc1. The van der Waals surface area contributed by atoms with Crippen LogP contribution in [0.4, 0.5) is 0 Å². The Bertz CT molecular complexity index is 10900. The number of nitrogens with zero attached hydrogens (tertiary/aromatic N) is 8. The summed E-state index contributed by atoms with van der Waals surface area (Å²) in [4.78, 5) is 42.3. The molecular formula is C136H78N8O2. The minimum atomic E-state index is 0.597. The monoisotopic (exact) mass is 1850 g/mol. The van der Waals surface area contributed by atoms with Crippen LogP contribution in [0.2, 0.25) is 0 Å². The molecule has 674 valence electrons. The minimum Gasteiger partial charge on any atom is -0.456 e. The summed E-state index contributed by atoms with van der Waals surface area (Å²) in [6, 6.07) is 168. The third-order valence-corrected chi connectivity index (χ3v) is 29.9. The van der Waals surface area contributed by atoms with Gasteiger partial charge in [0.2, 0.25) is 0 Å². The molecule has 0 aliphatic heterocycles. The molecule has 0 radical (unpaired) electrons. The van der Waals surface area contributed by atoms with Crippen molar-refractivity contribution in [1.82, 2.24) is 39.9 Å². The number of benzene rings is 25. The molecular weight excluding hydrogens is 1780 g/mol. The molecule has 0 atom stereocenters. The Morgan fingerprint density at radius 3 is 0.760 bits per heavy atom. The van der Waals surface area contributed by atoms with Crippen molar-refractivity contribution in [3.63, 3.8) is 0 Å². The first-order valence-corrected chi connectivity index (χ1v) is 49.5. The lowest BCUT2D eigenvalue weighted by Crippen LogP contribution is -2.01. The average molecular weight is 1860 g/mol. The quantitative estimate of drug-likeness (QED) is 0.122. The number of pyridine rings is 2. The summed E-state index contributed by atoms with van der Waals surface area (Å²) < 4.78 is 13.6. The van der Waals surface area contributed by atoms with Gasteiger partial charge in [-0.25, -0.2) is 39.9 Å². The fourth-order valence-electron chi connectivity index (χ4n) is 23.3. The van der Waals surface area contributed by atoms with Crippen LogP contribution >= 0.6 is 0 Å². The smallest absolute Gasteiger partial charge is 0.164 e. The molecule has 0 N–H and O–H groups in total. The van der Waals surface area contributed by atoms with Crippen LogP contribution in [0, 0.1) is 0 Å². The van der Waals surface area contributed by atoms with Gasteiger partial charge < -0.3 is 8.83 Å². The zero-order valence-corrected chi connectivity index (χ0v) is 78.4. The van der Waals surface area contributed by atoms with Crippen molar-refractivity contribution >= 4 is 206 Å². The van der Waals surface area contributed by atoms with E-state index in [0.717, 1.165) is 187 Å². The summed E-state index contributed by atoms with van der Waals surface area (Å²) in [5.74, 6) is 3.67. The average Bonchev–Trinajstić information content (AvgIpc) is 1.46. The molecule has 0 amide bonds. The van der Waals surface area contributed by atoms with Gasteiger partial charge in [-0.2, -0.15) is 0 Å². The molecule has 0 aliphatic rings. The molecule has 10 heteroatoms. The van der Waals surface area contributed by atoms with E-state index in [4.69, 9.17) is 48.7 Å². The number of hydrogen-bond donors (Lipinski definition) is 0. The maximum absolute atomic E-state index is 6.82. The third-order valence-electron chi connectivity index (χ3n) is 29.9. The summed E-state index contributed by atoms with van der Waals surface area (Å²) in [6.45, 7) is 0. The predicted octanol–water partition coefficient (Wildman–Crippen LogP) is 36.3. The van der Waals surface area contributed by atoms with Crippen molar-refractivity contribution in [2.75, 3.05) is 0 Å². The second-order valence-corrected chi connectivity index (χ2v) is 38.0.